The molecule has 5 aromatic rings. The first-order chi connectivity index (χ1) is 23.5. The van der Waals surface area contributed by atoms with Crippen LogP contribution in [0.1, 0.15) is 22.3 Å². The molecule has 3 aromatic carbocycles. The molecule has 5 rings (SSSR count). The van der Waals surface area contributed by atoms with Gasteiger partial charge in [-0.25, -0.2) is 4.98 Å². The minimum atomic E-state index is -0.441. The highest BCUT2D eigenvalue weighted by Gasteiger charge is 2.24. The van der Waals surface area contributed by atoms with Crippen LogP contribution in [0.5, 0.6) is 11.5 Å². The van der Waals surface area contributed by atoms with Gasteiger partial charge in [0, 0.05) is 41.0 Å². The summed E-state index contributed by atoms with van der Waals surface area (Å²) >= 11 is 13.5. The summed E-state index contributed by atoms with van der Waals surface area (Å²) in [5, 5.41) is 6.78. The predicted molar refractivity (Wildman–Crippen MR) is 195 cm³/mol. The largest absolute Gasteiger partial charge is 0.495 e. The second kappa shape index (κ2) is 14.8. The smallest absolute Gasteiger partial charge is 0.260 e. The molecule has 0 bridgehead atoms. The van der Waals surface area contributed by atoms with Gasteiger partial charge >= 0.3 is 0 Å². The fraction of sp³-hybridized carbons (Fsp3) is 0.162. The van der Waals surface area contributed by atoms with Crippen LogP contribution < -0.4 is 25.7 Å². The first-order valence-corrected chi connectivity index (χ1v) is 15.8. The number of fused-ring (bicyclic) bond motifs is 1. The fourth-order valence-electron chi connectivity index (χ4n) is 5.48. The van der Waals surface area contributed by atoms with Crippen molar-refractivity contribution in [3.05, 3.63) is 123 Å². The van der Waals surface area contributed by atoms with Crippen molar-refractivity contribution in [2.24, 2.45) is 0 Å². The third-order valence-corrected chi connectivity index (χ3v) is 8.56. The molecular formula is C37H33Cl2N5O5. The summed E-state index contributed by atoms with van der Waals surface area (Å²) in [6.45, 7) is 11.1. The molecule has 2 N–H and O–H groups in total. The summed E-state index contributed by atoms with van der Waals surface area (Å²) < 4.78 is 12.4. The zero-order chi connectivity index (χ0) is 35.4. The van der Waals surface area contributed by atoms with Crippen LogP contribution in [0.15, 0.2) is 84.8 Å². The van der Waals surface area contributed by atoms with E-state index in [1.807, 2.05) is 26.0 Å². The number of carbonyl (C=O) groups is 2. The van der Waals surface area contributed by atoms with Gasteiger partial charge in [-0.1, -0.05) is 66.2 Å². The van der Waals surface area contributed by atoms with Crippen LogP contribution in [0.25, 0.3) is 22.2 Å². The fourth-order valence-corrected chi connectivity index (χ4v) is 6.19. The van der Waals surface area contributed by atoms with Crippen LogP contribution in [0.3, 0.4) is 0 Å². The highest BCUT2D eigenvalue weighted by molar-refractivity contribution is 6.41. The molecule has 0 radical (unpaired) electrons. The molecule has 0 unspecified atom stereocenters. The van der Waals surface area contributed by atoms with Gasteiger partial charge in [-0.2, -0.15) is 4.98 Å². The molecule has 0 atom stereocenters. The van der Waals surface area contributed by atoms with Gasteiger partial charge in [-0.05, 0) is 60.9 Å². The summed E-state index contributed by atoms with van der Waals surface area (Å²) in [6.07, 6.45) is 4.21. The molecule has 0 saturated heterocycles. The Balaban J connectivity index is 1.70. The summed E-state index contributed by atoms with van der Waals surface area (Å²) in [7, 11) is 2.91. The van der Waals surface area contributed by atoms with E-state index in [-0.39, 0.29) is 63.3 Å². The van der Waals surface area contributed by atoms with Gasteiger partial charge in [0.15, 0.2) is 5.78 Å². The molecule has 0 aliphatic rings. The van der Waals surface area contributed by atoms with Crippen molar-refractivity contribution in [2.75, 3.05) is 24.9 Å². The quantitative estimate of drug-likeness (QED) is 0.128. The van der Waals surface area contributed by atoms with E-state index in [1.165, 1.54) is 30.9 Å². The number of aryl methyl sites for hydroxylation is 2. The zero-order valence-electron chi connectivity index (χ0n) is 27.3. The molecule has 1 amide bonds. The molecule has 0 aliphatic heterocycles. The molecule has 10 nitrogen and oxygen atoms in total. The Morgan fingerprint density at radius 2 is 1.63 bits per heavy atom. The molecule has 2 aromatic heterocycles. The van der Waals surface area contributed by atoms with Gasteiger partial charge in [-0.3, -0.25) is 19.0 Å². The molecule has 12 heteroatoms. The van der Waals surface area contributed by atoms with E-state index in [0.29, 0.717) is 22.4 Å². The number of nitrogens with one attached hydrogen (secondary N) is 2. The number of amides is 1. The first kappa shape index (κ1) is 34.9. The first-order valence-electron chi connectivity index (χ1n) is 15.0. The lowest BCUT2D eigenvalue weighted by Gasteiger charge is -2.18. The molecule has 0 saturated carbocycles. The number of anilines is 3. The van der Waals surface area contributed by atoms with Crippen LogP contribution in [-0.4, -0.2) is 40.4 Å². The number of allylic oxidation sites excluding steroid dienone is 1. The number of hydrogen-bond donors (Lipinski definition) is 2. The molecule has 49 heavy (non-hydrogen) atoms. The Hall–Kier alpha value is -5.45. The number of ketones is 1. The zero-order valence-corrected chi connectivity index (χ0v) is 28.8. The van der Waals surface area contributed by atoms with Crippen molar-refractivity contribution in [1.82, 2.24) is 14.5 Å². The third kappa shape index (κ3) is 7.35. The summed E-state index contributed by atoms with van der Waals surface area (Å²) in [5.74, 6) is 0.291. The number of nitrogens with zero attached hydrogens (tertiary/aromatic N) is 3. The van der Waals surface area contributed by atoms with Crippen LogP contribution in [0, 0.1) is 13.8 Å². The van der Waals surface area contributed by atoms with E-state index in [9.17, 15) is 14.4 Å². The molecule has 2 heterocycles. The average molecular weight is 699 g/mol. The predicted octanol–water partition coefficient (Wildman–Crippen LogP) is 7.61. The molecule has 0 spiro atoms. The maximum atomic E-state index is 14.5. The number of ether oxygens (including phenoxy) is 2. The second-order valence-corrected chi connectivity index (χ2v) is 11.9. The minimum Gasteiger partial charge on any atom is -0.495 e. The van der Waals surface area contributed by atoms with E-state index in [1.54, 1.807) is 42.6 Å². The van der Waals surface area contributed by atoms with Crippen molar-refractivity contribution in [1.29, 1.82) is 0 Å². The molecule has 0 fully saturated rings. The van der Waals surface area contributed by atoms with Crippen LogP contribution >= 0.6 is 23.2 Å². The van der Waals surface area contributed by atoms with Crippen LogP contribution in [0.4, 0.5) is 17.3 Å². The lowest BCUT2D eigenvalue weighted by Crippen LogP contribution is -2.24. The third-order valence-electron chi connectivity index (χ3n) is 7.81. The van der Waals surface area contributed by atoms with Crippen LogP contribution in [-0.2, 0) is 22.6 Å². The molecular weight excluding hydrogens is 665 g/mol. The number of hydrogen-bond acceptors (Lipinski definition) is 8. The number of methoxy groups -OCH3 is 2. The van der Waals surface area contributed by atoms with Crippen molar-refractivity contribution >= 4 is 63.2 Å². The number of rotatable bonds is 12. The van der Waals surface area contributed by atoms with E-state index in [4.69, 9.17) is 37.7 Å². The van der Waals surface area contributed by atoms with E-state index in [2.05, 4.69) is 28.8 Å². The summed E-state index contributed by atoms with van der Waals surface area (Å²) in [4.78, 5) is 48.0. The lowest BCUT2D eigenvalue weighted by molar-refractivity contribution is -0.114. The average Bonchev–Trinajstić information content (AvgIpc) is 3.08. The van der Waals surface area contributed by atoms with Gasteiger partial charge in [-0.15, -0.1) is 0 Å². The van der Waals surface area contributed by atoms with E-state index in [0.717, 1.165) is 22.3 Å². The normalized spacial score (nSPS) is 10.8. The van der Waals surface area contributed by atoms with Gasteiger partial charge in [0.1, 0.15) is 17.1 Å². The Kier molecular flexibility index (Phi) is 10.5. The monoisotopic (exact) mass is 697 g/mol. The topological polar surface area (TPSA) is 124 Å². The lowest BCUT2D eigenvalue weighted by atomic mass is 10.00. The van der Waals surface area contributed by atoms with Crippen molar-refractivity contribution in [3.8, 4) is 22.6 Å². The van der Waals surface area contributed by atoms with Gasteiger partial charge in [0.05, 0.1) is 36.4 Å². The van der Waals surface area contributed by atoms with Gasteiger partial charge < -0.3 is 20.1 Å². The van der Waals surface area contributed by atoms with Crippen molar-refractivity contribution in [3.63, 3.8) is 0 Å². The maximum absolute atomic E-state index is 14.5. The second-order valence-electron chi connectivity index (χ2n) is 11.2. The van der Waals surface area contributed by atoms with E-state index < -0.39 is 5.56 Å². The number of aromatic nitrogens is 3. The Morgan fingerprint density at radius 1 is 0.959 bits per heavy atom. The van der Waals surface area contributed by atoms with Crippen molar-refractivity contribution in [2.45, 2.75) is 26.8 Å². The number of carbonyl (C=O) groups excluding carboxylic acids is 2. The van der Waals surface area contributed by atoms with E-state index >= 15 is 0 Å². The highest BCUT2D eigenvalue weighted by Crippen LogP contribution is 2.45. The van der Waals surface area contributed by atoms with Crippen LogP contribution in [0.2, 0.25) is 10.0 Å². The number of benzene rings is 3. The molecule has 0 aliphatic carbocycles. The van der Waals surface area contributed by atoms with Gasteiger partial charge in [0.25, 0.3) is 5.56 Å². The Morgan fingerprint density at radius 3 is 2.24 bits per heavy atom. The summed E-state index contributed by atoms with van der Waals surface area (Å²) in [6, 6.07) is 14.1. The number of pyridine rings is 1. The Labute approximate surface area is 293 Å². The number of halogens is 2. The standard InChI is InChI=1S/C37H33Cl2N5O5/c1-7-26(45)15-23-14-20(3)13-21(4)34(23)42-37-40-18-24-16-27(31-32(38)28(48-5)17-29(49-6)33(31)39)36(47)44(35(24)43-37)19-22-9-11-25(12-10-22)41-30(46)8-2/h7-14,16-18H,1-2,15,19H2,3-6H3,(H,41,46)(H,40,42,43). The highest BCUT2D eigenvalue weighted by atomic mass is 35.5. The van der Waals surface area contributed by atoms with Gasteiger partial charge in [0.2, 0.25) is 11.9 Å². The maximum Gasteiger partial charge on any atom is 0.260 e. The summed E-state index contributed by atoms with van der Waals surface area (Å²) in [5.41, 5.74) is 4.94. The minimum absolute atomic E-state index is 0.0916. The SMILES string of the molecule is C=CC(=O)Cc1cc(C)cc(C)c1Nc1ncc2cc(-c3c(Cl)c(OC)cc(OC)c3Cl)c(=O)n(Cc3ccc(NC(=O)C=C)cc3)c2n1. The Bertz CT molecular complexity index is 2170. The molecule has 250 valence electrons. The van der Waals surface area contributed by atoms with Crippen molar-refractivity contribution < 1.29 is 19.1 Å².